The van der Waals surface area contributed by atoms with E-state index in [1.165, 1.54) is 20.8 Å². The molecule has 0 rings (SSSR count). The molecule has 0 aliphatic carbocycles. The van der Waals surface area contributed by atoms with E-state index in [9.17, 15) is 83.4 Å². The zero-order valence-electron chi connectivity index (χ0n) is 31.0. The average Bonchev–Trinajstić information content (AvgIpc) is 3.05. The second-order valence-electron chi connectivity index (χ2n) is 13.2. The van der Waals surface area contributed by atoms with Crippen LogP contribution in [0.1, 0.15) is 98.3 Å². The van der Waals surface area contributed by atoms with Crippen LogP contribution in [-0.4, -0.2) is 91.7 Å². The summed E-state index contributed by atoms with van der Waals surface area (Å²) in [5.41, 5.74) is 0. The van der Waals surface area contributed by atoms with Crippen LogP contribution in [0, 0.1) is 11.8 Å². The maximum absolute atomic E-state index is 15.8. The smallest absolute Gasteiger partial charge is 0.328 e. The first kappa shape index (κ1) is 56.3. The number of halogens is 23. The lowest BCUT2D eigenvalue weighted by atomic mass is 9.77. The zero-order valence-corrected chi connectivity index (χ0v) is 31.0. The Morgan fingerprint density at radius 2 is 0.845 bits per heavy atom. The van der Waals surface area contributed by atoms with Gasteiger partial charge in [0.25, 0.3) is 5.97 Å². The summed E-state index contributed by atoms with van der Waals surface area (Å²) >= 11 is 0. The molecule has 58 heavy (non-hydrogen) atoms. The molecule has 0 fully saturated rings. The summed E-state index contributed by atoms with van der Waals surface area (Å²) in [6.07, 6.45) is -29.8. The van der Waals surface area contributed by atoms with Crippen LogP contribution in [-0.2, 0) is 14.2 Å². The molecule has 0 N–H and O–H groups in total. The van der Waals surface area contributed by atoms with E-state index in [0.29, 0.717) is 25.7 Å². The van der Waals surface area contributed by atoms with E-state index in [4.69, 9.17) is 14.2 Å². The minimum absolute atomic E-state index is 0.128. The summed E-state index contributed by atoms with van der Waals surface area (Å²) in [7, 11) is 0. The van der Waals surface area contributed by atoms with Crippen LogP contribution >= 0.6 is 0 Å². The Kier molecular flexibility index (Phi) is 19.4. The van der Waals surface area contributed by atoms with E-state index in [-0.39, 0.29) is 12.8 Å². The Hall–Kier alpha value is -1.73. The van der Waals surface area contributed by atoms with Gasteiger partial charge in [-0.15, -0.1) is 0 Å². The molecule has 3 atom stereocenters. The maximum Gasteiger partial charge on any atom is 0.460 e. The highest BCUT2D eigenvalue weighted by atomic mass is 19.4. The van der Waals surface area contributed by atoms with Gasteiger partial charge in [0, 0.05) is 38.1 Å². The average molecular weight is 913 g/mol. The standard InChI is InChI=1S/C32H43F23O3/c1-5-9-10-11-12-13-14-20(26(56-6-2,57-7-3)58-8-4)17-19(24(39,40)28(45,46)25(41,42)21(33)18-23(36,37)38)15-16-22(34,35)27(43,44)29(47,48)30(49,50)31(51,52)32(53,54)55/h19-21H,5-18H2,1-4H3. The van der Waals surface area contributed by atoms with Crippen molar-refractivity contribution in [2.45, 2.75) is 170 Å². The molecule has 3 unspecified atom stereocenters. The number of hydrogen-bond donors (Lipinski definition) is 0. The van der Waals surface area contributed by atoms with Gasteiger partial charge in [-0.25, -0.2) is 4.39 Å². The van der Waals surface area contributed by atoms with E-state index < -0.39 is 136 Å². The van der Waals surface area contributed by atoms with Crippen LogP contribution in [0.15, 0.2) is 0 Å². The Balaban J connectivity index is 7.71. The molecule has 26 heteroatoms. The summed E-state index contributed by atoms with van der Waals surface area (Å²) in [5, 5.41) is 0. The van der Waals surface area contributed by atoms with Crippen LogP contribution < -0.4 is 0 Å². The summed E-state index contributed by atoms with van der Waals surface area (Å²) < 4.78 is 338. The Bertz CT molecular complexity index is 1200. The highest BCUT2D eigenvalue weighted by molar-refractivity contribution is 5.11. The second-order valence-corrected chi connectivity index (χ2v) is 13.2. The van der Waals surface area contributed by atoms with E-state index in [1.807, 2.05) is 0 Å². The first-order valence-corrected chi connectivity index (χ1v) is 17.5. The lowest BCUT2D eigenvalue weighted by Crippen LogP contribution is -2.70. The molecular formula is C32H43F23O3. The molecule has 0 bridgehead atoms. The first-order valence-electron chi connectivity index (χ1n) is 17.5. The fourth-order valence-electron chi connectivity index (χ4n) is 5.80. The van der Waals surface area contributed by atoms with Gasteiger partial charge in [-0.1, -0.05) is 45.4 Å². The maximum atomic E-state index is 15.8. The van der Waals surface area contributed by atoms with Crippen molar-refractivity contribution in [3.63, 3.8) is 0 Å². The number of hydrogen-bond acceptors (Lipinski definition) is 3. The van der Waals surface area contributed by atoms with Crippen molar-refractivity contribution in [3.05, 3.63) is 0 Å². The molecule has 0 amide bonds. The van der Waals surface area contributed by atoms with Gasteiger partial charge in [0.1, 0.15) is 0 Å². The minimum Gasteiger partial charge on any atom is -0.328 e. The lowest BCUT2D eigenvalue weighted by Gasteiger charge is -2.44. The predicted molar refractivity (Wildman–Crippen MR) is 158 cm³/mol. The highest BCUT2D eigenvalue weighted by Gasteiger charge is 2.90. The fraction of sp³-hybridized carbons (Fsp3) is 1.00. The van der Waals surface area contributed by atoms with E-state index in [2.05, 4.69) is 0 Å². The molecule has 0 aromatic rings. The Morgan fingerprint density at radius 3 is 1.24 bits per heavy atom. The van der Waals surface area contributed by atoms with Gasteiger partial charge in [0.05, 0.1) is 6.42 Å². The van der Waals surface area contributed by atoms with E-state index in [0.717, 1.165) is 0 Å². The molecule has 3 nitrogen and oxygen atoms in total. The SMILES string of the molecule is CCCCCCCCC(CC(CCC(F)(F)C(F)(F)C(F)(F)C(F)(F)C(F)(F)C(F)(F)F)C(F)(F)C(F)(F)C(F)(F)C(F)CC(F)(F)F)C(OCC)(OCC)OCC. The first-order chi connectivity index (χ1) is 25.8. The molecular weight excluding hydrogens is 869 g/mol. The van der Waals surface area contributed by atoms with Crippen molar-refractivity contribution in [3.8, 4) is 0 Å². The van der Waals surface area contributed by atoms with Gasteiger partial charge in [0.2, 0.25) is 0 Å². The van der Waals surface area contributed by atoms with Crippen LogP contribution in [0.25, 0.3) is 0 Å². The van der Waals surface area contributed by atoms with Crippen LogP contribution in [0.4, 0.5) is 101 Å². The van der Waals surface area contributed by atoms with Crippen molar-refractivity contribution in [1.82, 2.24) is 0 Å². The normalized spacial score (nSPS) is 16.8. The predicted octanol–water partition coefficient (Wildman–Crippen LogP) is 13.8. The number of rotatable bonds is 28. The third kappa shape index (κ3) is 11.8. The second kappa shape index (κ2) is 20.0. The minimum atomic E-state index is -8.45. The Morgan fingerprint density at radius 1 is 0.431 bits per heavy atom. The third-order valence-electron chi connectivity index (χ3n) is 8.97. The van der Waals surface area contributed by atoms with Gasteiger partial charge in [-0.3, -0.25) is 0 Å². The molecule has 0 heterocycles. The molecule has 0 aliphatic heterocycles. The quantitative estimate of drug-likeness (QED) is 0.0445. The molecule has 0 radical (unpaired) electrons. The van der Waals surface area contributed by atoms with Crippen molar-refractivity contribution >= 4 is 0 Å². The van der Waals surface area contributed by atoms with Crippen molar-refractivity contribution < 1.29 is 115 Å². The summed E-state index contributed by atoms with van der Waals surface area (Å²) in [5.74, 6) is -70.9. The largest absolute Gasteiger partial charge is 0.460 e. The third-order valence-corrected chi connectivity index (χ3v) is 8.97. The Labute approximate surface area is 317 Å². The van der Waals surface area contributed by atoms with Crippen LogP contribution in [0.3, 0.4) is 0 Å². The summed E-state index contributed by atoms with van der Waals surface area (Å²) in [6, 6.07) is 0. The molecule has 0 aliphatic rings. The molecule has 350 valence electrons. The van der Waals surface area contributed by atoms with Gasteiger partial charge in [-0.05, 0) is 40.0 Å². The molecule has 0 saturated heterocycles. The molecule has 0 spiro atoms. The lowest BCUT2D eigenvalue weighted by molar-refractivity contribution is -0.440. The monoisotopic (exact) mass is 912 g/mol. The van der Waals surface area contributed by atoms with Crippen LogP contribution in [0.5, 0.6) is 0 Å². The molecule has 0 saturated carbocycles. The summed E-state index contributed by atoms with van der Waals surface area (Å²) in [6.45, 7) is 3.61. The number of unbranched alkanes of at least 4 members (excludes halogenated alkanes) is 5. The summed E-state index contributed by atoms with van der Waals surface area (Å²) in [4.78, 5) is 0. The van der Waals surface area contributed by atoms with Gasteiger partial charge in [-0.2, -0.15) is 96.6 Å². The topological polar surface area (TPSA) is 27.7 Å². The highest BCUT2D eigenvalue weighted by Crippen LogP contribution is 2.62. The molecule has 0 aromatic carbocycles. The van der Waals surface area contributed by atoms with Gasteiger partial charge >= 0.3 is 59.7 Å². The number of alkyl halides is 23. The molecule has 0 aromatic heterocycles. The van der Waals surface area contributed by atoms with E-state index >= 15 is 17.6 Å². The van der Waals surface area contributed by atoms with Crippen molar-refractivity contribution in [2.75, 3.05) is 19.8 Å². The van der Waals surface area contributed by atoms with Crippen LogP contribution in [0.2, 0.25) is 0 Å². The van der Waals surface area contributed by atoms with Gasteiger partial charge < -0.3 is 14.2 Å². The van der Waals surface area contributed by atoms with Gasteiger partial charge in [0.15, 0.2) is 6.17 Å². The van der Waals surface area contributed by atoms with E-state index in [1.54, 1.807) is 6.92 Å². The van der Waals surface area contributed by atoms with Crippen molar-refractivity contribution in [2.24, 2.45) is 11.8 Å². The zero-order chi connectivity index (χ0) is 46.3. The number of ether oxygens (including phenoxy) is 3. The fourth-order valence-corrected chi connectivity index (χ4v) is 5.80. The van der Waals surface area contributed by atoms with Crippen molar-refractivity contribution in [1.29, 1.82) is 0 Å².